The molecular formula is C14H10N2O4. The Balaban J connectivity index is 2.21. The van der Waals surface area contributed by atoms with Gasteiger partial charge in [0.2, 0.25) is 0 Å². The molecule has 6 heteroatoms. The Morgan fingerprint density at radius 3 is 2.75 bits per heavy atom. The van der Waals surface area contributed by atoms with Crippen molar-refractivity contribution in [3.63, 3.8) is 0 Å². The highest BCUT2D eigenvalue weighted by Gasteiger charge is 2.16. The van der Waals surface area contributed by atoms with Gasteiger partial charge >= 0.3 is 5.69 Å². The highest BCUT2D eigenvalue weighted by atomic mass is 16.6. The van der Waals surface area contributed by atoms with E-state index in [1.54, 1.807) is 12.1 Å². The van der Waals surface area contributed by atoms with Crippen molar-refractivity contribution in [3.05, 3.63) is 63.7 Å². The minimum Gasteiger partial charge on any atom is -0.508 e. The molecule has 2 aromatic rings. The molecule has 2 aromatic carbocycles. The summed E-state index contributed by atoms with van der Waals surface area (Å²) in [5, 5.41) is 29.0. The topological polar surface area (TPSA) is 96.4 Å². The predicted octanol–water partition coefficient (Wildman–Crippen LogP) is 2.75. The van der Waals surface area contributed by atoms with Gasteiger partial charge in [0.05, 0.1) is 16.6 Å². The van der Waals surface area contributed by atoms with Crippen LogP contribution in [0.25, 0.3) is 0 Å². The van der Waals surface area contributed by atoms with E-state index in [0.29, 0.717) is 5.56 Å². The third-order valence-electron chi connectivity index (χ3n) is 2.59. The Morgan fingerprint density at radius 2 is 2.10 bits per heavy atom. The molecular weight excluding hydrogens is 260 g/mol. The van der Waals surface area contributed by atoms with E-state index in [4.69, 9.17) is 10.00 Å². The number of benzene rings is 2. The number of nitro groups is 1. The minimum atomic E-state index is -0.599. The highest BCUT2D eigenvalue weighted by molar-refractivity contribution is 5.51. The molecule has 6 nitrogen and oxygen atoms in total. The van der Waals surface area contributed by atoms with Crippen LogP contribution in [0.5, 0.6) is 11.5 Å². The molecule has 0 unspecified atom stereocenters. The molecule has 100 valence electrons. The molecule has 0 radical (unpaired) electrons. The average molecular weight is 270 g/mol. The van der Waals surface area contributed by atoms with Crippen LogP contribution in [0.15, 0.2) is 42.5 Å². The summed E-state index contributed by atoms with van der Waals surface area (Å²) in [6, 6.07) is 12.3. The molecule has 0 aromatic heterocycles. The second kappa shape index (κ2) is 5.71. The van der Waals surface area contributed by atoms with Gasteiger partial charge in [0, 0.05) is 6.07 Å². The van der Waals surface area contributed by atoms with Crippen molar-refractivity contribution in [2.45, 2.75) is 6.61 Å². The van der Waals surface area contributed by atoms with E-state index in [0.717, 1.165) is 6.07 Å². The molecule has 0 aliphatic carbocycles. The lowest BCUT2D eigenvalue weighted by molar-refractivity contribution is -0.386. The van der Waals surface area contributed by atoms with Crippen LogP contribution in [0, 0.1) is 21.4 Å². The fourth-order valence-corrected chi connectivity index (χ4v) is 1.66. The second-order valence-corrected chi connectivity index (χ2v) is 4.01. The maximum atomic E-state index is 10.9. The molecule has 0 atom stereocenters. The number of nitrogens with zero attached hydrogens (tertiary/aromatic N) is 2. The van der Waals surface area contributed by atoms with Crippen LogP contribution in [-0.4, -0.2) is 10.0 Å². The van der Waals surface area contributed by atoms with E-state index < -0.39 is 4.92 Å². The summed E-state index contributed by atoms with van der Waals surface area (Å²) in [6.07, 6.45) is 0. The van der Waals surface area contributed by atoms with Crippen LogP contribution in [0.1, 0.15) is 11.1 Å². The van der Waals surface area contributed by atoms with Crippen LogP contribution in [0.3, 0.4) is 0 Å². The lowest BCUT2D eigenvalue weighted by Crippen LogP contribution is -1.99. The Bertz CT molecular complexity index is 692. The largest absolute Gasteiger partial charge is 0.508 e. The number of hydrogen-bond acceptors (Lipinski definition) is 5. The molecule has 0 spiro atoms. The lowest BCUT2D eigenvalue weighted by atomic mass is 10.2. The van der Waals surface area contributed by atoms with E-state index >= 15 is 0 Å². The summed E-state index contributed by atoms with van der Waals surface area (Å²) < 4.78 is 5.38. The number of aromatic hydroxyl groups is 1. The van der Waals surface area contributed by atoms with Crippen LogP contribution >= 0.6 is 0 Å². The van der Waals surface area contributed by atoms with Gasteiger partial charge < -0.3 is 9.84 Å². The average Bonchev–Trinajstić information content (AvgIpc) is 2.45. The molecule has 0 aliphatic heterocycles. The minimum absolute atomic E-state index is 0.0809. The van der Waals surface area contributed by atoms with Gasteiger partial charge in [0.15, 0.2) is 5.75 Å². The van der Waals surface area contributed by atoms with Gasteiger partial charge in [0.1, 0.15) is 12.4 Å². The molecule has 0 bridgehead atoms. The zero-order valence-corrected chi connectivity index (χ0v) is 10.3. The number of rotatable bonds is 4. The van der Waals surface area contributed by atoms with Crippen molar-refractivity contribution < 1.29 is 14.8 Å². The quantitative estimate of drug-likeness (QED) is 0.680. The molecule has 0 fully saturated rings. The van der Waals surface area contributed by atoms with Gasteiger partial charge in [0.25, 0.3) is 0 Å². The number of phenols is 1. The van der Waals surface area contributed by atoms with Crippen molar-refractivity contribution in [2.75, 3.05) is 0 Å². The molecule has 0 saturated heterocycles. The summed E-state index contributed by atoms with van der Waals surface area (Å²) in [5.41, 5.74) is 0.620. The Morgan fingerprint density at radius 1 is 1.30 bits per heavy atom. The fourth-order valence-electron chi connectivity index (χ4n) is 1.66. The molecule has 0 heterocycles. The zero-order chi connectivity index (χ0) is 14.5. The van der Waals surface area contributed by atoms with Gasteiger partial charge in [-0.1, -0.05) is 12.1 Å². The highest BCUT2D eigenvalue weighted by Crippen LogP contribution is 2.28. The summed E-state index contributed by atoms with van der Waals surface area (Å²) in [5.74, 6) is 0.178. The van der Waals surface area contributed by atoms with Gasteiger partial charge in [-0.05, 0) is 29.8 Å². The van der Waals surface area contributed by atoms with E-state index in [9.17, 15) is 15.2 Å². The third kappa shape index (κ3) is 3.03. The zero-order valence-electron chi connectivity index (χ0n) is 10.3. The predicted molar refractivity (Wildman–Crippen MR) is 70.3 cm³/mol. The summed E-state index contributed by atoms with van der Waals surface area (Å²) >= 11 is 0. The number of ether oxygens (including phenoxy) is 1. The SMILES string of the molecule is N#Cc1ccc(OCc2cccc(O)c2)c([N+](=O)[O-])c1. The molecule has 0 saturated carbocycles. The van der Waals surface area contributed by atoms with E-state index in [1.165, 1.54) is 24.3 Å². The fraction of sp³-hybridized carbons (Fsp3) is 0.0714. The summed E-state index contributed by atoms with van der Waals surface area (Å²) in [7, 11) is 0. The molecule has 0 aliphatic rings. The first-order valence-electron chi connectivity index (χ1n) is 5.69. The third-order valence-corrected chi connectivity index (χ3v) is 2.59. The Hall–Kier alpha value is -3.07. The van der Waals surface area contributed by atoms with Crippen molar-refractivity contribution >= 4 is 5.69 Å². The van der Waals surface area contributed by atoms with Crippen LogP contribution in [0.4, 0.5) is 5.69 Å². The van der Waals surface area contributed by atoms with E-state index in [2.05, 4.69) is 0 Å². The Labute approximate surface area is 114 Å². The molecule has 20 heavy (non-hydrogen) atoms. The number of nitriles is 1. The van der Waals surface area contributed by atoms with Crippen molar-refractivity contribution in [3.8, 4) is 17.6 Å². The number of phenolic OH excluding ortho intramolecular Hbond substituents is 1. The maximum Gasteiger partial charge on any atom is 0.312 e. The van der Waals surface area contributed by atoms with Crippen molar-refractivity contribution in [1.82, 2.24) is 0 Å². The summed E-state index contributed by atoms with van der Waals surface area (Å²) in [4.78, 5) is 10.3. The first-order valence-corrected chi connectivity index (χ1v) is 5.69. The molecule has 1 N–H and O–H groups in total. The van der Waals surface area contributed by atoms with Gasteiger partial charge in [-0.2, -0.15) is 5.26 Å². The van der Waals surface area contributed by atoms with Crippen LogP contribution < -0.4 is 4.74 Å². The second-order valence-electron chi connectivity index (χ2n) is 4.01. The summed E-state index contributed by atoms with van der Waals surface area (Å²) in [6.45, 7) is 0.0845. The van der Waals surface area contributed by atoms with Crippen molar-refractivity contribution in [2.24, 2.45) is 0 Å². The smallest absolute Gasteiger partial charge is 0.312 e. The number of hydrogen-bond donors (Lipinski definition) is 1. The monoisotopic (exact) mass is 270 g/mol. The van der Waals surface area contributed by atoms with Gasteiger partial charge in [-0.25, -0.2) is 0 Å². The normalized spacial score (nSPS) is 9.75. The number of nitro benzene ring substituents is 1. The van der Waals surface area contributed by atoms with Crippen LogP contribution in [0.2, 0.25) is 0 Å². The van der Waals surface area contributed by atoms with Gasteiger partial charge in [-0.3, -0.25) is 10.1 Å². The van der Waals surface area contributed by atoms with Gasteiger partial charge in [-0.15, -0.1) is 0 Å². The maximum absolute atomic E-state index is 10.9. The standard InChI is InChI=1S/C14H10N2O4/c15-8-10-4-5-14(13(7-10)16(18)19)20-9-11-2-1-3-12(17)6-11/h1-7,17H,9H2. The van der Waals surface area contributed by atoms with E-state index in [-0.39, 0.29) is 29.4 Å². The van der Waals surface area contributed by atoms with Crippen molar-refractivity contribution in [1.29, 1.82) is 5.26 Å². The lowest BCUT2D eigenvalue weighted by Gasteiger charge is -2.07. The van der Waals surface area contributed by atoms with Crippen LogP contribution in [-0.2, 0) is 6.61 Å². The molecule has 2 rings (SSSR count). The first kappa shape index (κ1) is 13.4. The van der Waals surface area contributed by atoms with E-state index in [1.807, 2.05) is 6.07 Å². The Kier molecular flexibility index (Phi) is 3.82. The first-order chi connectivity index (χ1) is 9.60. The molecule has 0 amide bonds.